The summed E-state index contributed by atoms with van der Waals surface area (Å²) < 4.78 is 18.4. The van der Waals surface area contributed by atoms with E-state index >= 15 is 0 Å². The van der Waals surface area contributed by atoms with Crippen molar-refractivity contribution in [2.75, 3.05) is 27.1 Å². The summed E-state index contributed by atoms with van der Waals surface area (Å²) in [6.07, 6.45) is 1.66. The number of anilines is 1. The number of hydrogen-bond donors (Lipinski definition) is 1. The zero-order valence-corrected chi connectivity index (χ0v) is 13.1. The topological polar surface area (TPSA) is 71.5 Å². The van der Waals surface area contributed by atoms with E-state index in [-0.39, 0.29) is 0 Å². The summed E-state index contributed by atoms with van der Waals surface area (Å²) in [7, 11) is 4.78. The summed E-state index contributed by atoms with van der Waals surface area (Å²) in [5.74, 6) is 2.49. The second-order valence-electron chi connectivity index (χ2n) is 4.05. The average molecular weight is 342 g/mol. The first-order valence-corrected chi connectivity index (χ1v) is 6.65. The molecule has 0 aliphatic carbocycles. The molecule has 0 fully saturated rings. The lowest BCUT2D eigenvalue weighted by Gasteiger charge is -2.14. The first-order valence-electron chi connectivity index (χ1n) is 5.86. The SMILES string of the molecule is COc1cc(OC)c(OC)cc1Cn1ncc(Br)c1N. The number of hydrogen-bond acceptors (Lipinski definition) is 5. The minimum Gasteiger partial charge on any atom is -0.496 e. The van der Waals surface area contributed by atoms with Crippen molar-refractivity contribution in [1.82, 2.24) is 9.78 Å². The Balaban J connectivity index is 2.42. The predicted octanol–water partition coefficient (Wildman–Crippen LogP) is 2.30. The van der Waals surface area contributed by atoms with Gasteiger partial charge in [-0.1, -0.05) is 0 Å². The first-order chi connectivity index (χ1) is 9.60. The Kier molecular flexibility index (Phi) is 4.39. The van der Waals surface area contributed by atoms with Crippen LogP contribution in [0.15, 0.2) is 22.8 Å². The highest BCUT2D eigenvalue weighted by molar-refractivity contribution is 9.10. The van der Waals surface area contributed by atoms with Crippen molar-refractivity contribution >= 4 is 21.7 Å². The Bertz CT molecular complexity index is 613. The third-order valence-corrected chi connectivity index (χ3v) is 3.55. The van der Waals surface area contributed by atoms with Crippen molar-refractivity contribution in [2.45, 2.75) is 6.54 Å². The van der Waals surface area contributed by atoms with Crippen molar-refractivity contribution in [1.29, 1.82) is 0 Å². The fourth-order valence-corrected chi connectivity index (χ4v) is 2.17. The zero-order chi connectivity index (χ0) is 14.7. The molecule has 7 heteroatoms. The number of benzene rings is 1. The Morgan fingerprint density at radius 2 is 1.70 bits per heavy atom. The highest BCUT2D eigenvalue weighted by atomic mass is 79.9. The van der Waals surface area contributed by atoms with Gasteiger partial charge in [0.15, 0.2) is 11.5 Å². The van der Waals surface area contributed by atoms with Crippen LogP contribution in [0.25, 0.3) is 0 Å². The number of nitrogens with two attached hydrogens (primary N) is 1. The van der Waals surface area contributed by atoms with Gasteiger partial charge in [-0.15, -0.1) is 0 Å². The fraction of sp³-hybridized carbons (Fsp3) is 0.308. The Hall–Kier alpha value is -1.89. The number of methoxy groups -OCH3 is 3. The Morgan fingerprint density at radius 1 is 1.10 bits per heavy atom. The maximum absolute atomic E-state index is 5.93. The number of nitrogens with zero attached hydrogens (tertiary/aromatic N) is 2. The summed E-state index contributed by atoms with van der Waals surface area (Å²) >= 11 is 3.33. The second-order valence-corrected chi connectivity index (χ2v) is 4.91. The van der Waals surface area contributed by atoms with E-state index in [1.807, 2.05) is 6.07 Å². The van der Waals surface area contributed by atoms with Gasteiger partial charge < -0.3 is 19.9 Å². The summed E-state index contributed by atoms with van der Waals surface area (Å²) in [4.78, 5) is 0. The molecule has 6 nitrogen and oxygen atoms in total. The van der Waals surface area contributed by atoms with Crippen LogP contribution in [0.3, 0.4) is 0 Å². The molecule has 0 bridgehead atoms. The molecular formula is C13H16BrN3O3. The number of halogens is 1. The second kappa shape index (κ2) is 6.04. The molecule has 2 N–H and O–H groups in total. The van der Waals surface area contributed by atoms with E-state index in [9.17, 15) is 0 Å². The van der Waals surface area contributed by atoms with Crippen LogP contribution >= 0.6 is 15.9 Å². The van der Waals surface area contributed by atoms with Gasteiger partial charge in [-0.3, -0.25) is 0 Å². The zero-order valence-electron chi connectivity index (χ0n) is 11.5. The van der Waals surface area contributed by atoms with Gasteiger partial charge in [0.05, 0.1) is 38.5 Å². The molecule has 0 unspecified atom stereocenters. The lowest BCUT2D eigenvalue weighted by Crippen LogP contribution is -2.07. The molecule has 1 aromatic carbocycles. The molecule has 0 saturated carbocycles. The van der Waals surface area contributed by atoms with E-state index < -0.39 is 0 Å². The summed E-state index contributed by atoms with van der Waals surface area (Å²) in [6, 6.07) is 3.63. The van der Waals surface area contributed by atoms with E-state index in [4.69, 9.17) is 19.9 Å². The normalized spacial score (nSPS) is 10.4. The lowest BCUT2D eigenvalue weighted by molar-refractivity contribution is 0.347. The van der Waals surface area contributed by atoms with Gasteiger partial charge in [0, 0.05) is 11.6 Å². The first kappa shape index (κ1) is 14.5. The lowest BCUT2D eigenvalue weighted by atomic mass is 10.1. The minimum absolute atomic E-state index is 0.473. The van der Waals surface area contributed by atoms with Gasteiger partial charge in [-0.2, -0.15) is 5.10 Å². The van der Waals surface area contributed by atoms with Gasteiger partial charge in [-0.05, 0) is 22.0 Å². The highest BCUT2D eigenvalue weighted by Crippen LogP contribution is 2.35. The van der Waals surface area contributed by atoms with Crippen LogP contribution in [-0.2, 0) is 6.54 Å². The van der Waals surface area contributed by atoms with Crippen molar-refractivity contribution < 1.29 is 14.2 Å². The van der Waals surface area contributed by atoms with Crippen LogP contribution in [0.2, 0.25) is 0 Å². The van der Waals surface area contributed by atoms with E-state index in [0.717, 1.165) is 10.0 Å². The number of nitrogen functional groups attached to an aromatic ring is 1. The van der Waals surface area contributed by atoms with E-state index in [1.165, 1.54) is 0 Å². The van der Waals surface area contributed by atoms with Gasteiger partial charge in [0.2, 0.25) is 0 Å². The molecular weight excluding hydrogens is 326 g/mol. The van der Waals surface area contributed by atoms with Crippen LogP contribution in [0.1, 0.15) is 5.56 Å². The number of ether oxygens (including phenoxy) is 3. The molecule has 0 atom stereocenters. The largest absolute Gasteiger partial charge is 0.496 e. The molecule has 0 spiro atoms. The molecule has 108 valence electrons. The molecule has 0 aliphatic heterocycles. The Morgan fingerprint density at radius 3 is 2.20 bits per heavy atom. The molecule has 0 amide bonds. The quantitative estimate of drug-likeness (QED) is 0.903. The highest BCUT2D eigenvalue weighted by Gasteiger charge is 2.14. The predicted molar refractivity (Wildman–Crippen MR) is 79.5 cm³/mol. The van der Waals surface area contributed by atoms with E-state index in [0.29, 0.717) is 29.6 Å². The molecule has 1 aromatic heterocycles. The molecule has 0 aliphatic rings. The van der Waals surface area contributed by atoms with E-state index in [2.05, 4.69) is 21.0 Å². The van der Waals surface area contributed by atoms with Crippen LogP contribution in [0.4, 0.5) is 5.82 Å². The standard InChI is InChI=1S/C13H16BrN3O3/c1-18-10-5-12(20-3)11(19-2)4-8(10)7-17-13(15)9(14)6-16-17/h4-6H,7,15H2,1-3H3. The van der Waals surface area contributed by atoms with Crippen LogP contribution in [-0.4, -0.2) is 31.1 Å². The summed E-state index contributed by atoms with van der Waals surface area (Å²) in [6.45, 7) is 0.473. The summed E-state index contributed by atoms with van der Waals surface area (Å²) in [5, 5.41) is 4.20. The molecule has 0 radical (unpaired) electrons. The molecule has 2 aromatic rings. The average Bonchev–Trinajstić information content (AvgIpc) is 2.78. The maximum Gasteiger partial charge on any atom is 0.164 e. The number of rotatable bonds is 5. The smallest absolute Gasteiger partial charge is 0.164 e. The van der Waals surface area contributed by atoms with Gasteiger partial charge in [-0.25, -0.2) is 4.68 Å². The van der Waals surface area contributed by atoms with Crippen molar-refractivity contribution in [3.63, 3.8) is 0 Å². The third kappa shape index (κ3) is 2.67. The minimum atomic E-state index is 0.473. The molecule has 20 heavy (non-hydrogen) atoms. The molecule has 2 rings (SSSR count). The molecule has 1 heterocycles. The molecule has 0 saturated heterocycles. The maximum atomic E-state index is 5.93. The van der Waals surface area contributed by atoms with Crippen LogP contribution in [0.5, 0.6) is 17.2 Å². The van der Waals surface area contributed by atoms with Gasteiger partial charge in [0.25, 0.3) is 0 Å². The van der Waals surface area contributed by atoms with Crippen molar-refractivity contribution in [2.24, 2.45) is 0 Å². The van der Waals surface area contributed by atoms with Gasteiger partial charge in [0.1, 0.15) is 11.6 Å². The fourth-order valence-electron chi connectivity index (χ4n) is 1.88. The van der Waals surface area contributed by atoms with Crippen LogP contribution in [0, 0.1) is 0 Å². The monoisotopic (exact) mass is 341 g/mol. The summed E-state index contributed by atoms with van der Waals surface area (Å²) in [5.41, 5.74) is 6.82. The van der Waals surface area contributed by atoms with Gasteiger partial charge >= 0.3 is 0 Å². The van der Waals surface area contributed by atoms with Crippen molar-refractivity contribution in [3.8, 4) is 17.2 Å². The van der Waals surface area contributed by atoms with E-state index in [1.54, 1.807) is 38.3 Å². The Labute approximate surface area is 125 Å². The number of aromatic nitrogens is 2. The van der Waals surface area contributed by atoms with Crippen molar-refractivity contribution in [3.05, 3.63) is 28.4 Å². The third-order valence-electron chi connectivity index (χ3n) is 2.94. The van der Waals surface area contributed by atoms with Crippen LogP contribution < -0.4 is 19.9 Å².